The number of carbonyl (C=O) groups excluding carboxylic acids is 2. The van der Waals surface area contributed by atoms with Crippen molar-refractivity contribution in [2.24, 2.45) is 11.8 Å². The third kappa shape index (κ3) is 4.98. The molecule has 0 aromatic heterocycles. The van der Waals surface area contributed by atoms with Gasteiger partial charge in [-0.05, 0) is 24.8 Å². The minimum absolute atomic E-state index is 0.0453. The van der Waals surface area contributed by atoms with E-state index in [0.29, 0.717) is 19.7 Å². The molecule has 5 nitrogen and oxygen atoms in total. The molecule has 1 heterocycles. The van der Waals surface area contributed by atoms with Crippen LogP contribution in [0.3, 0.4) is 0 Å². The van der Waals surface area contributed by atoms with E-state index in [2.05, 4.69) is 19.2 Å². The van der Waals surface area contributed by atoms with Crippen LogP contribution in [0.2, 0.25) is 0 Å². The summed E-state index contributed by atoms with van der Waals surface area (Å²) in [5.74, 6) is 0.216. The summed E-state index contributed by atoms with van der Waals surface area (Å²) in [6.45, 7) is 7.56. The summed E-state index contributed by atoms with van der Waals surface area (Å²) in [7, 11) is 0. The largest absolute Gasteiger partial charge is 0.448 e. The maximum absolute atomic E-state index is 12.6. The normalized spacial score (nSPS) is 17.0. The Bertz CT molecular complexity index is 530. The Balaban J connectivity index is 1.91. The summed E-state index contributed by atoms with van der Waals surface area (Å²) in [6, 6.07) is 9.97. The van der Waals surface area contributed by atoms with Gasteiger partial charge in [-0.3, -0.25) is 4.79 Å². The predicted molar refractivity (Wildman–Crippen MR) is 89.0 cm³/mol. The van der Waals surface area contributed by atoms with E-state index in [1.807, 2.05) is 37.3 Å². The second-order valence-corrected chi connectivity index (χ2v) is 6.51. The lowest BCUT2D eigenvalue weighted by Gasteiger charge is -2.25. The Hall–Kier alpha value is -2.04. The zero-order chi connectivity index (χ0) is 16.8. The van der Waals surface area contributed by atoms with E-state index < -0.39 is 0 Å². The number of ether oxygens (including phenoxy) is 1. The number of carbonyl (C=O) groups is 2. The van der Waals surface area contributed by atoms with Crippen LogP contribution in [-0.2, 0) is 16.0 Å². The van der Waals surface area contributed by atoms with Crippen molar-refractivity contribution in [1.82, 2.24) is 10.2 Å². The Kier molecular flexibility index (Phi) is 6.02. The van der Waals surface area contributed by atoms with Crippen molar-refractivity contribution >= 4 is 12.0 Å². The third-order valence-electron chi connectivity index (χ3n) is 4.17. The minimum Gasteiger partial charge on any atom is -0.448 e. The van der Waals surface area contributed by atoms with E-state index in [-0.39, 0.29) is 29.9 Å². The molecular formula is C18H26N2O3. The van der Waals surface area contributed by atoms with Crippen LogP contribution in [0.1, 0.15) is 26.3 Å². The maximum atomic E-state index is 12.6. The minimum atomic E-state index is -0.296. The topological polar surface area (TPSA) is 58.6 Å². The Morgan fingerprint density at radius 2 is 1.96 bits per heavy atom. The van der Waals surface area contributed by atoms with Crippen LogP contribution in [0.4, 0.5) is 4.79 Å². The van der Waals surface area contributed by atoms with E-state index in [1.54, 1.807) is 4.90 Å². The molecule has 1 fully saturated rings. The maximum Gasteiger partial charge on any atom is 0.410 e. The molecule has 0 aliphatic carbocycles. The summed E-state index contributed by atoms with van der Waals surface area (Å²) in [6.07, 6.45) is 0.429. The van der Waals surface area contributed by atoms with Crippen molar-refractivity contribution in [3.8, 4) is 0 Å². The van der Waals surface area contributed by atoms with Crippen LogP contribution in [0, 0.1) is 11.8 Å². The predicted octanol–water partition coefficient (Wildman–Crippen LogP) is 2.46. The first-order valence-electron chi connectivity index (χ1n) is 8.23. The Labute approximate surface area is 138 Å². The van der Waals surface area contributed by atoms with E-state index in [1.165, 1.54) is 0 Å². The first-order chi connectivity index (χ1) is 11.0. The molecule has 2 atom stereocenters. The molecule has 1 aromatic rings. The van der Waals surface area contributed by atoms with Gasteiger partial charge in [-0.2, -0.15) is 0 Å². The quantitative estimate of drug-likeness (QED) is 0.840. The number of rotatable bonds is 7. The molecule has 0 spiro atoms. The molecule has 2 rings (SSSR count). The van der Waals surface area contributed by atoms with Gasteiger partial charge in [0.1, 0.15) is 6.61 Å². The molecule has 1 aliphatic rings. The van der Waals surface area contributed by atoms with Crippen LogP contribution in [0.25, 0.3) is 0 Å². The lowest BCUT2D eigenvalue weighted by Crippen LogP contribution is -2.45. The van der Waals surface area contributed by atoms with Gasteiger partial charge in [-0.1, -0.05) is 44.2 Å². The lowest BCUT2D eigenvalue weighted by molar-refractivity contribution is -0.127. The van der Waals surface area contributed by atoms with Crippen LogP contribution >= 0.6 is 0 Å². The highest BCUT2D eigenvalue weighted by molar-refractivity contribution is 5.79. The first-order valence-corrected chi connectivity index (χ1v) is 8.23. The number of amides is 2. The number of cyclic esters (lactones) is 1. The number of hydrogen-bond donors (Lipinski definition) is 1. The summed E-state index contributed by atoms with van der Waals surface area (Å²) < 4.78 is 4.91. The van der Waals surface area contributed by atoms with E-state index in [4.69, 9.17) is 4.74 Å². The summed E-state index contributed by atoms with van der Waals surface area (Å²) in [5, 5.41) is 3.04. The number of nitrogens with zero attached hydrogens (tertiary/aromatic N) is 1. The van der Waals surface area contributed by atoms with Crippen LogP contribution < -0.4 is 5.32 Å². The van der Waals surface area contributed by atoms with E-state index in [9.17, 15) is 9.59 Å². The second-order valence-electron chi connectivity index (χ2n) is 6.51. The van der Waals surface area contributed by atoms with Crippen molar-refractivity contribution in [1.29, 1.82) is 0 Å². The van der Waals surface area contributed by atoms with Crippen LogP contribution in [0.5, 0.6) is 0 Å². The van der Waals surface area contributed by atoms with E-state index >= 15 is 0 Å². The van der Waals surface area contributed by atoms with Gasteiger partial charge < -0.3 is 15.0 Å². The lowest BCUT2D eigenvalue weighted by atomic mass is 9.88. The molecule has 1 saturated heterocycles. The number of benzene rings is 1. The van der Waals surface area contributed by atoms with Crippen LogP contribution in [0.15, 0.2) is 30.3 Å². The second kappa shape index (κ2) is 7.99. The van der Waals surface area contributed by atoms with Crippen molar-refractivity contribution < 1.29 is 14.3 Å². The highest BCUT2D eigenvalue weighted by Crippen LogP contribution is 2.18. The number of hydrogen-bond acceptors (Lipinski definition) is 3. The molecule has 1 N–H and O–H groups in total. The van der Waals surface area contributed by atoms with E-state index in [0.717, 1.165) is 12.0 Å². The average molecular weight is 318 g/mol. The van der Waals surface area contributed by atoms with Gasteiger partial charge in [0.15, 0.2) is 0 Å². The SMILES string of the molecule is CC(C)[C@@H](Cc1ccccc1)C(=O)N[C@@H](C)CN1CCOC1=O. The highest BCUT2D eigenvalue weighted by Gasteiger charge is 2.27. The summed E-state index contributed by atoms with van der Waals surface area (Å²) in [4.78, 5) is 25.7. The molecular weight excluding hydrogens is 292 g/mol. The molecule has 0 radical (unpaired) electrons. The van der Waals surface area contributed by atoms with Gasteiger partial charge in [0.25, 0.3) is 0 Å². The monoisotopic (exact) mass is 318 g/mol. The van der Waals surface area contributed by atoms with Gasteiger partial charge in [0, 0.05) is 18.5 Å². The molecule has 1 aromatic carbocycles. The fourth-order valence-corrected chi connectivity index (χ4v) is 2.82. The zero-order valence-corrected chi connectivity index (χ0v) is 14.1. The Morgan fingerprint density at radius 3 is 2.52 bits per heavy atom. The summed E-state index contributed by atoms with van der Waals surface area (Å²) >= 11 is 0. The molecule has 2 amide bonds. The van der Waals surface area contributed by atoms with Crippen molar-refractivity contribution in [3.63, 3.8) is 0 Å². The molecule has 1 aliphatic heterocycles. The van der Waals surface area contributed by atoms with Gasteiger partial charge in [-0.15, -0.1) is 0 Å². The first kappa shape index (κ1) is 17.3. The zero-order valence-electron chi connectivity index (χ0n) is 14.1. The fraction of sp³-hybridized carbons (Fsp3) is 0.556. The van der Waals surface area contributed by atoms with Gasteiger partial charge in [0.05, 0.1) is 6.54 Å². The average Bonchev–Trinajstić information content (AvgIpc) is 2.90. The molecule has 0 unspecified atom stereocenters. The van der Waals surface area contributed by atoms with Gasteiger partial charge >= 0.3 is 6.09 Å². The highest BCUT2D eigenvalue weighted by atomic mass is 16.6. The molecule has 0 saturated carbocycles. The Morgan fingerprint density at radius 1 is 1.26 bits per heavy atom. The third-order valence-corrected chi connectivity index (χ3v) is 4.17. The van der Waals surface area contributed by atoms with Crippen molar-refractivity contribution in [2.45, 2.75) is 33.2 Å². The standard InChI is InChI=1S/C18H26N2O3/c1-13(2)16(11-15-7-5-4-6-8-15)17(21)19-14(3)12-20-9-10-23-18(20)22/h4-8,13-14,16H,9-12H2,1-3H3,(H,19,21)/t14-,16+/m0/s1. The van der Waals surface area contributed by atoms with Gasteiger partial charge in [0.2, 0.25) is 5.91 Å². The molecule has 5 heteroatoms. The fourth-order valence-electron chi connectivity index (χ4n) is 2.82. The van der Waals surface area contributed by atoms with Crippen LogP contribution in [-0.4, -0.2) is 42.6 Å². The molecule has 23 heavy (non-hydrogen) atoms. The smallest absolute Gasteiger partial charge is 0.410 e. The molecule has 0 bridgehead atoms. The van der Waals surface area contributed by atoms with Crippen molar-refractivity contribution in [2.75, 3.05) is 19.7 Å². The van der Waals surface area contributed by atoms with Crippen molar-refractivity contribution in [3.05, 3.63) is 35.9 Å². The number of nitrogens with one attached hydrogen (secondary N) is 1. The van der Waals surface area contributed by atoms with Gasteiger partial charge in [-0.25, -0.2) is 4.79 Å². The summed E-state index contributed by atoms with van der Waals surface area (Å²) in [5.41, 5.74) is 1.16. The molecule has 126 valence electrons.